The number of hydrogen-bond donors (Lipinski definition) is 1. The molecule has 4 atom stereocenters. The number of nitrogens with one attached hydrogen (secondary N) is 1. The van der Waals surface area contributed by atoms with Crippen LogP contribution in [0.1, 0.15) is 51.1 Å². The minimum absolute atomic E-state index is 0.158. The zero-order valence-corrected chi connectivity index (χ0v) is 14.4. The lowest BCUT2D eigenvalue weighted by Gasteiger charge is -2.35. The molecular formula is C17H24BrNO2. The smallest absolute Gasteiger partial charge is 0.127 e. The standard InChI is InChI=1S/C17H24BrNO2/c1-3-8-19-14-10-17(15-7-4-11(2)20-15)21-16-9-12(18)5-6-13(14)16/h5-6,9,11,14-15,17,19H,3-4,7-8,10H2,1-2H3. The van der Waals surface area contributed by atoms with Gasteiger partial charge in [0.2, 0.25) is 0 Å². The Morgan fingerprint density at radius 1 is 1.29 bits per heavy atom. The molecule has 2 heterocycles. The molecule has 1 N–H and O–H groups in total. The first-order chi connectivity index (χ1) is 10.2. The van der Waals surface area contributed by atoms with E-state index in [4.69, 9.17) is 9.47 Å². The van der Waals surface area contributed by atoms with Gasteiger partial charge >= 0.3 is 0 Å². The van der Waals surface area contributed by atoms with Crippen LogP contribution >= 0.6 is 15.9 Å². The molecule has 3 nitrogen and oxygen atoms in total. The third kappa shape index (κ3) is 3.43. The summed E-state index contributed by atoms with van der Waals surface area (Å²) in [5.74, 6) is 0.998. The van der Waals surface area contributed by atoms with Crippen LogP contribution in [0.5, 0.6) is 5.75 Å². The van der Waals surface area contributed by atoms with Crippen molar-refractivity contribution >= 4 is 15.9 Å². The highest BCUT2D eigenvalue weighted by Crippen LogP contribution is 2.39. The van der Waals surface area contributed by atoms with Crippen LogP contribution in [0.25, 0.3) is 0 Å². The Morgan fingerprint density at radius 3 is 2.86 bits per heavy atom. The maximum absolute atomic E-state index is 6.26. The summed E-state index contributed by atoms with van der Waals surface area (Å²) in [7, 11) is 0. The molecule has 0 radical (unpaired) electrons. The van der Waals surface area contributed by atoms with Crippen molar-refractivity contribution in [3.63, 3.8) is 0 Å². The van der Waals surface area contributed by atoms with Gasteiger partial charge in [-0.05, 0) is 44.9 Å². The Morgan fingerprint density at radius 2 is 2.14 bits per heavy atom. The Kier molecular flexibility index (Phi) is 4.87. The average molecular weight is 354 g/mol. The van der Waals surface area contributed by atoms with Crippen LogP contribution in [0.15, 0.2) is 22.7 Å². The topological polar surface area (TPSA) is 30.5 Å². The van der Waals surface area contributed by atoms with E-state index in [-0.39, 0.29) is 12.2 Å². The van der Waals surface area contributed by atoms with Crippen molar-refractivity contribution < 1.29 is 9.47 Å². The number of halogens is 1. The molecule has 4 unspecified atom stereocenters. The molecule has 116 valence electrons. The fourth-order valence-corrected chi connectivity index (χ4v) is 3.66. The second kappa shape index (κ2) is 6.67. The Bertz CT molecular complexity index is 494. The summed E-state index contributed by atoms with van der Waals surface area (Å²) in [6.45, 7) is 5.39. The fourth-order valence-electron chi connectivity index (χ4n) is 3.32. The molecule has 0 saturated carbocycles. The maximum Gasteiger partial charge on any atom is 0.127 e. The molecule has 0 spiro atoms. The molecule has 4 heteroatoms. The highest BCUT2D eigenvalue weighted by Gasteiger charge is 2.37. The summed E-state index contributed by atoms with van der Waals surface area (Å²) < 4.78 is 13.4. The Balaban J connectivity index is 1.81. The number of benzene rings is 1. The summed E-state index contributed by atoms with van der Waals surface area (Å²) in [5.41, 5.74) is 1.27. The summed E-state index contributed by atoms with van der Waals surface area (Å²) >= 11 is 3.54. The van der Waals surface area contributed by atoms with Crippen LogP contribution in [-0.2, 0) is 4.74 Å². The van der Waals surface area contributed by atoms with Crippen molar-refractivity contribution in [1.82, 2.24) is 5.32 Å². The highest BCUT2D eigenvalue weighted by molar-refractivity contribution is 9.10. The zero-order chi connectivity index (χ0) is 14.8. The van der Waals surface area contributed by atoms with Gasteiger partial charge in [-0.3, -0.25) is 0 Å². The SMILES string of the molecule is CCCNC1CC(C2CCC(C)O2)Oc2cc(Br)ccc21. The third-order valence-corrected chi connectivity index (χ3v) is 4.91. The van der Waals surface area contributed by atoms with Crippen LogP contribution in [0.2, 0.25) is 0 Å². The number of hydrogen-bond acceptors (Lipinski definition) is 3. The quantitative estimate of drug-likeness (QED) is 0.879. The van der Waals surface area contributed by atoms with Gasteiger partial charge in [-0.2, -0.15) is 0 Å². The van der Waals surface area contributed by atoms with Crippen LogP contribution in [-0.4, -0.2) is 24.9 Å². The first-order valence-electron chi connectivity index (χ1n) is 8.02. The Labute approximate surface area is 135 Å². The summed E-state index contributed by atoms with van der Waals surface area (Å²) in [5, 5.41) is 3.66. The van der Waals surface area contributed by atoms with E-state index in [0.29, 0.717) is 12.1 Å². The first-order valence-corrected chi connectivity index (χ1v) is 8.81. The van der Waals surface area contributed by atoms with E-state index in [1.807, 2.05) is 0 Å². The van der Waals surface area contributed by atoms with E-state index in [1.165, 1.54) is 5.56 Å². The van der Waals surface area contributed by atoms with Crippen molar-refractivity contribution in [2.24, 2.45) is 0 Å². The predicted molar refractivity (Wildman–Crippen MR) is 87.8 cm³/mol. The van der Waals surface area contributed by atoms with E-state index in [9.17, 15) is 0 Å². The molecule has 2 aliphatic heterocycles. The molecule has 0 amide bonds. The predicted octanol–water partition coefficient (Wildman–Crippen LogP) is 4.21. The van der Waals surface area contributed by atoms with Crippen LogP contribution in [0.3, 0.4) is 0 Å². The molecule has 0 aliphatic carbocycles. The normalized spacial score (nSPS) is 31.8. The minimum Gasteiger partial charge on any atom is -0.487 e. The number of ether oxygens (including phenoxy) is 2. The van der Waals surface area contributed by atoms with Gasteiger partial charge in [0.15, 0.2) is 0 Å². The average Bonchev–Trinajstić information content (AvgIpc) is 2.90. The van der Waals surface area contributed by atoms with Crippen molar-refractivity contribution in [2.75, 3.05) is 6.54 Å². The molecule has 1 saturated heterocycles. The fraction of sp³-hybridized carbons (Fsp3) is 0.647. The molecular weight excluding hydrogens is 330 g/mol. The van der Waals surface area contributed by atoms with Crippen LogP contribution in [0, 0.1) is 0 Å². The van der Waals surface area contributed by atoms with Crippen LogP contribution in [0.4, 0.5) is 0 Å². The minimum atomic E-state index is 0.158. The summed E-state index contributed by atoms with van der Waals surface area (Å²) in [6, 6.07) is 6.71. The number of rotatable bonds is 4. The molecule has 1 aromatic carbocycles. The largest absolute Gasteiger partial charge is 0.487 e. The number of fused-ring (bicyclic) bond motifs is 1. The van der Waals surface area contributed by atoms with Gasteiger partial charge in [0, 0.05) is 22.5 Å². The monoisotopic (exact) mass is 353 g/mol. The van der Waals surface area contributed by atoms with E-state index in [0.717, 1.165) is 42.5 Å². The van der Waals surface area contributed by atoms with E-state index in [2.05, 4.69) is 53.3 Å². The van der Waals surface area contributed by atoms with Gasteiger partial charge in [0.1, 0.15) is 11.9 Å². The molecule has 2 aliphatic rings. The molecule has 21 heavy (non-hydrogen) atoms. The molecule has 1 aromatic rings. The van der Waals surface area contributed by atoms with Gasteiger partial charge in [-0.15, -0.1) is 0 Å². The lowest BCUT2D eigenvalue weighted by molar-refractivity contribution is -0.0300. The summed E-state index contributed by atoms with van der Waals surface area (Å²) in [4.78, 5) is 0. The Hall–Kier alpha value is -0.580. The maximum atomic E-state index is 6.26. The van der Waals surface area contributed by atoms with Crippen molar-refractivity contribution in [3.05, 3.63) is 28.2 Å². The van der Waals surface area contributed by atoms with Gasteiger partial charge < -0.3 is 14.8 Å². The third-order valence-electron chi connectivity index (χ3n) is 4.42. The molecule has 1 fully saturated rings. The zero-order valence-electron chi connectivity index (χ0n) is 12.8. The lowest BCUT2D eigenvalue weighted by Crippen LogP contribution is -2.40. The van der Waals surface area contributed by atoms with Crippen molar-refractivity contribution in [3.8, 4) is 5.75 Å². The first kappa shape index (κ1) is 15.3. The molecule has 0 bridgehead atoms. The highest BCUT2D eigenvalue weighted by atomic mass is 79.9. The van der Waals surface area contributed by atoms with Gasteiger partial charge in [0.25, 0.3) is 0 Å². The second-order valence-corrected chi connectivity index (χ2v) is 7.06. The lowest BCUT2D eigenvalue weighted by atomic mass is 9.93. The second-order valence-electron chi connectivity index (χ2n) is 6.14. The van der Waals surface area contributed by atoms with E-state index < -0.39 is 0 Å². The molecule has 0 aromatic heterocycles. The van der Waals surface area contributed by atoms with Crippen molar-refractivity contribution in [2.45, 2.75) is 63.9 Å². The summed E-state index contributed by atoms with van der Waals surface area (Å²) in [6.07, 6.45) is 5.14. The van der Waals surface area contributed by atoms with E-state index in [1.54, 1.807) is 0 Å². The van der Waals surface area contributed by atoms with Crippen LogP contribution < -0.4 is 10.1 Å². The van der Waals surface area contributed by atoms with Gasteiger partial charge in [0.05, 0.1) is 12.2 Å². The molecule has 3 rings (SSSR count). The van der Waals surface area contributed by atoms with Gasteiger partial charge in [-0.1, -0.05) is 28.9 Å². The van der Waals surface area contributed by atoms with E-state index >= 15 is 0 Å². The van der Waals surface area contributed by atoms with Gasteiger partial charge in [-0.25, -0.2) is 0 Å². The van der Waals surface area contributed by atoms with Crippen molar-refractivity contribution in [1.29, 1.82) is 0 Å².